The number of tetrazole rings is 1. The molecule has 0 bridgehead atoms. The Bertz CT molecular complexity index is 1630. The number of hydrogen-bond donors (Lipinski definition) is 1. The van der Waals surface area contributed by atoms with Gasteiger partial charge >= 0.3 is 0 Å². The van der Waals surface area contributed by atoms with Crippen molar-refractivity contribution in [1.82, 2.24) is 30.1 Å². The van der Waals surface area contributed by atoms with Crippen molar-refractivity contribution < 1.29 is 9.13 Å². The van der Waals surface area contributed by atoms with Gasteiger partial charge in [0.15, 0.2) is 5.82 Å². The van der Waals surface area contributed by atoms with Gasteiger partial charge in [0.25, 0.3) is 5.56 Å². The van der Waals surface area contributed by atoms with Crippen molar-refractivity contribution in [2.75, 3.05) is 20.3 Å². The first-order valence-corrected chi connectivity index (χ1v) is 13.3. The molecule has 5 aromatic rings. The van der Waals surface area contributed by atoms with E-state index in [0.29, 0.717) is 37.6 Å². The van der Waals surface area contributed by atoms with E-state index in [2.05, 4.69) is 43.6 Å². The molecule has 0 radical (unpaired) electrons. The Kier molecular flexibility index (Phi) is 8.42. The van der Waals surface area contributed by atoms with Crippen molar-refractivity contribution in [3.8, 4) is 0 Å². The van der Waals surface area contributed by atoms with Crippen LogP contribution >= 0.6 is 0 Å². The smallest absolute Gasteiger partial charge is 0.253 e. The second-order valence-corrected chi connectivity index (χ2v) is 10.0. The summed E-state index contributed by atoms with van der Waals surface area (Å²) in [5, 5.41) is 13.6. The molecule has 3 aromatic carbocycles. The van der Waals surface area contributed by atoms with Crippen LogP contribution in [0.15, 0.2) is 77.6 Å². The highest BCUT2D eigenvalue weighted by atomic mass is 19.1. The molecule has 2 aromatic heterocycles. The Morgan fingerprint density at radius 3 is 2.50 bits per heavy atom. The van der Waals surface area contributed by atoms with Crippen LogP contribution in [0.2, 0.25) is 0 Å². The molecule has 0 aliphatic rings. The minimum Gasteiger partial charge on any atom is -0.383 e. The lowest BCUT2D eigenvalue weighted by atomic mass is 9.98. The van der Waals surface area contributed by atoms with Crippen molar-refractivity contribution in [2.24, 2.45) is 0 Å². The van der Waals surface area contributed by atoms with Crippen LogP contribution in [0.25, 0.3) is 10.9 Å². The van der Waals surface area contributed by atoms with Crippen LogP contribution in [-0.4, -0.2) is 50.4 Å². The van der Waals surface area contributed by atoms with E-state index in [4.69, 9.17) is 4.74 Å². The molecule has 0 unspecified atom stereocenters. The summed E-state index contributed by atoms with van der Waals surface area (Å²) in [5.74, 6) is 0.249. The number of ether oxygens (including phenoxy) is 1. The van der Waals surface area contributed by atoms with E-state index in [1.54, 1.807) is 23.9 Å². The number of rotatable bonds is 11. The Labute approximate surface area is 232 Å². The molecule has 1 N–H and O–H groups in total. The number of nitrogens with zero attached hydrogens (tertiary/aromatic N) is 5. The maximum absolute atomic E-state index is 13.8. The SMILES string of the molecule is COCCn1nnnc1[C@@H](c1cc2c(C)ccc(C)c2[nH]c1=O)N(CCc1ccccc1)Cc1ccc(F)cc1. The normalized spacial score (nSPS) is 12.3. The summed E-state index contributed by atoms with van der Waals surface area (Å²) in [6.07, 6.45) is 0.738. The number of halogens is 1. The minimum absolute atomic E-state index is 0.198. The van der Waals surface area contributed by atoms with Gasteiger partial charge in [-0.2, -0.15) is 0 Å². The number of aryl methyl sites for hydroxylation is 2. The van der Waals surface area contributed by atoms with Crippen molar-refractivity contribution in [3.63, 3.8) is 0 Å². The van der Waals surface area contributed by atoms with Gasteiger partial charge in [0, 0.05) is 31.1 Å². The molecule has 8 nitrogen and oxygen atoms in total. The van der Waals surface area contributed by atoms with E-state index in [1.165, 1.54) is 17.7 Å². The zero-order valence-corrected chi connectivity index (χ0v) is 23.0. The minimum atomic E-state index is -0.575. The van der Waals surface area contributed by atoms with Crippen LogP contribution in [0.5, 0.6) is 0 Å². The molecule has 0 saturated carbocycles. The summed E-state index contributed by atoms with van der Waals surface area (Å²) in [5.41, 5.74) is 5.31. The third-order valence-electron chi connectivity index (χ3n) is 7.27. The second-order valence-electron chi connectivity index (χ2n) is 10.0. The number of aromatic amines is 1. The largest absolute Gasteiger partial charge is 0.383 e. The van der Waals surface area contributed by atoms with Crippen LogP contribution in [-0.2, 0) is 24.2 Å². The molecule has 0 fully saturated rings. The summed E-state index contributed by atoms with van der Waals surface area (Å²) >= 11 is 0. The number of aromatic nitrogens is 5. The Balaban J connectivity index is 1.67. The van der Waals surface area contributed by atoms with Crippen molar-refractivity contribution in [2.45, 2.75) is 39.4 Å². The van der Waals surface area contributed by atoms with E-state index in [-0.39, 0.29) is 11.4 Å². The van der Waals surface area contributed by atoms with Crippen LogP contribution in [0.1, 0.15) is 39.7 Å². The topological polar surface area (TPSA) is 88.9 Å². The summed E-state index contributed by atoms with van der Waals surface area (Å²) in [4.78, 5) is 19.1. The van der Waals surface area contributed by atoms with E-state index in [9.17, 15) is 9.18 Å². The zero-order valence-electron chi connectivity index (χ0n) is 23.0. The average molecular weight is 541 g/mol. The molecule has 9 heteroatoms. The molecule has 2 heterocycles. The summed E-state index contributed by atoms with van der Waals surface area (Å²) in [7, 11) is 1.63. The van der Waals surface area contributed by atoms with Gasteiger partial charge in [0.2, 0.25) is 0 Å². The lowest BCUT2D eigenvalue weighted by Gasteiger charge is -2.31. The first-order chi connectivity index (χ1) is 19.4. The number of benzene rings is 3. The fourth-order valence-electron chi connectivity index (χ4n) is 5.08. The molecule has 0 aliphatic heterocycles. The first-order valence-electron chi connectivity index (χ1n) is 13.3. The number of H-pyrrole nitrogens is 1. The maximum Gasteiger partial charge on any atom is 0.253 e. The highest BCUT2D eigenvalue weighted by molar-refractivity contribution is 5.85. The molecule has 5 rings (SSSR count). The van der Waals surface area contributed by atoms with Gasteiger partial charge in [-0.05, 0) is 71.1 Å². The molecule has 0 amide bonds. The quantitative estimate of drug-likeness (QED) is 0.260. The maximum atomic E-state index is 13.8. The number of pyridine rings is 1. The highest BCUT2D eigenvalue weighted by Crippen LogP contribution is 2.30. The second kappa shape index (κ2) is 12.3. The van der Waals surface area contributed by atoms with Crippen molar-refractivity contribution in [3.05, 3.63) is 123 Å². The lowest BCUT2D eigenvalue weighted by Crippen LogP contribution is -2.36. The summed E-state index contributed by atoms with van der Waals surface area (Å²) < 4.78 is 20.8. The number of methoxy groups -OCH3 is 1. The van der Waals surface area contributed by atoms with E-state index in [0.717, 1.165) is 34.0 Å². The molecule has 0 spiro atoms. The Hall–Kier alpha value is -4.21. The number of hydrogen-bond acceptors (Lipinski definition) is 6. The van der Waals surface area contributed by atoms with Crippen LogP contribution < -0.4 is 5.56 Å². The Morgan fingerprint density at radius 2 is 1.75 bits per heavy atom. The molecule has 40 heavy (non-hydrogen) atoms. The van der Waals surface area contributed by atoms with Crippen LogP contribution in [0.4, 0.5) is 4.39 Å². The summed E-state index contributed by atoms with van der Waals surface area (Å²) in [6.45, 7) is 5.93. The third-order valence-corrected chi connectivity index (χ3v) is 7.27. The lowest BCUT2D eigenvalue weighted by molar-refractivity contribution is 0.172. The first kappa shape index (κ1) is 27.4. The predicted octanol–water partition coefficient (Wildman–Crippen LogP) is 4.75. The van der Waals surface area contributed by atoms with E-state index < -0.39 is 6.04 Å². The fourth-order valence-corrected chi connectivity index (χ4v) is 5.08. The van der Waals surface area contributed by atoms with Crippen LogP contribution in [0, 0.1) is 19.7 Å². The van der Waals surface area contributed by atoms with Gasteiger partial charge < -0.3 is 9.72 Å². The third kappa shape index (κ3) is 6.00. The van der Waals surface area contributed by atoms with Crippen LogP contribution in [0.3, 0.4) is 0 Å². The van der Waals surface area contributed by atoms with Gasteiger partial charge in [-0.1, -0.05) is 54.6 Å². The Morgan fingerprint density at radius 1 is 1.00 bits per heavy atom. The number of fused-ring (bicyclic) bond motifs is 1. The van der Waals surface area contributed by atoms with Gasteiger partial charge in [0.1, 0.15) is 11.9 Å². The monoisotopic (exact) mass is 540 g/mol. The molecule has 0 aliphatic carbocycles. The molecule has 206 valence electrons. The van der Waals surface area contributed by atoms with Gasteiger partial charge in [0.05, 0.1) is 18.7 Å². The molecular weight excluding hydrogens is 507 g/mol. The van der Waals surface area contributed by atoms with Crippen molar-refractivity contribution in [1.29, 1.82) is 0 Å². The van der Waals surface area contributed by atoms with Gasteiger partial charge in [-0.15, -0.1) is 5.10 Å². The predicted molar refractivity (Wildman–Crippen MR) is 153 cm³/mol. The molecule has 0 saturated heterocycles. The van der Waals surface area contributed by atoms with E-state index in [1.807, 2.05) is 44.2 Å². The molecule has 1 atom stereocenters. The van der Waals surface area contributed by atoms with Crippen molar-refractivity contribution >= 4 is 10.9 Å². The van der Waals surface area contributed by atoms with E-state index >= 15 is 0 Å². The van der Waals surface area contributed by atoms with Gasteiger partial charge in [-0.25, -0.2) is 9.07 Å². The standard InChI is InChI=1S/C31H33FN6O2/c1-21-9-10-22(2)28-26(21)19-27(31(39)33-28)29(30-34-35-36-38(30)17-18-40-3)37(16-15-23-7-5-4-6-8-23)20-24-11-13-25(32)14-12-24/h4-14,19,29H,15-18,20H2,1-3H3,(H,33,39)/t29-/m1/s1. The van der Waals surface area contributed by atoms with Gasteiger partial charge in [-0.3, -0.25) is 9.69 Å². The summed E-state index contributed by atoms with van der Waals surface area (Å²) in [6, 6.07) is 22.1. The molecular formula is C31H33FN6O2. The average Bonchev–Trinajstić information content (AvgIpc) is 3.43. The number of nitrogens with one attached hydrogen (secondary N) is 1. The zero-order chi connectivity index (χ0) is 28.1. The fraction of sp³-hybridized carbons (Fsp3) is 0.290. The highest BCUT2D eigenvalue weighted by Gasteiger charge is 2.31.